The van der Waals surface area contributed by atoms with Gasteiger partial charge in [0.1, 0.15) is 23.0 Å². The predicted molar refractivity (Wildman–Crippen MR) is 151 cm³/mol. The Morgan fingerprint density at radius 3 is 2.05 bits per heavy atom. The van der Waals surface area contributed by atoms with E-state index in [1.54, 1.807) is 0 Å². The van der Waals surface area contributed by atoms with Crippen molar-refractivity contribution in [2.45, 2.75) is 19.8 Å². The molecule has 2 aromatic carbocycles. The summed E-state index contributed by atoms with van der Waals surface area (Å²) in [7, 11) is 0. The van der Waals surface area contributed by atoms with E-state index in [-0.39, 0.29) is 22.6 Å². The molecule has 0 saturated heterocycles. The quantitative estimate of drug-likeness (QED) is 0.164. The molecule has 2 aliphatic heterocycles. The van der Waals surface area contributed by atoms with Crippen LogP contribution in [0.2, 0.25) is 0 Å². The number of ketones is 1. The molecule has 6 N–H and O–H groups in total. The molecule has 0 aromatic heterocycles. The van der Waals surface area contributed by atoms with Crippen LogP contribution in [0.5, 0.6) is 0 Å². The normalized spacial score (nSPS) is 20.3. The Morgan fingerprint density at radius 2 is 1.43 bits per heavy atom. The van der Waals surface area contributed by atoms with Gasteiger partial charge in [0.25, 0.3) is 17.7 Å². The van der Waals surface area contributed by atoms with Gasteiger partial charge in [0.05, 0.1) is 22.4 Å². The van der Waals surface area contributed by atoms with Crippen molar-refractivity contribution in [2.24, 2.45) is 4.99 Å². The van der Waals surface area contributed by atoms with Gasteiger partial charge >= 0.3 is 6.02 Å². The summed E-state index contributed by atoms with van der Waals surface area (Å²) in [6.45, 7) is 2.50. The zero-order valence-corrected chi connectivity index (χ0v) is 22.8. The Kier molecular flexibility index (Phi) is 7.14. The molecule has 1 aliphatic carbocycles. The molecule has 0 radical (unpaired) electrons. The second-order valence-electron chi connectivity index (χ2n) is 9.71. The summed E-state index contributed by atoms with van der Waals surface area (Å²) in [6, 6.07) is 10.2. The number of carbonyl (C=O) groups excluding carboxylic acids is 7. The molecule has 1 atom stereocenters. The van der Waals surface area contributed by atoms with Gasteiger partial charge in [0, 0.05) is 25.2 Å². The number of amides is 6. The van der Waals surface area contributed by atoms with Gasteiger partial charge in [-0.1, -0.05) is 18.2 Å². The summed E-state index contributed by atoms with van der Waals surface area (Å²) < 4.78 is 0. The van der Waals surface area contributed by atoms with Gasteiger partial charge in [-0.25, -0.2) is 4.90 Å². The van der Waals surface area contributed by atoms with E-state index in [0.29, 0.717) is 4.90 Å². The van der Waals surface area contributed by atoms with Gasteiger partial charge in [0.2, 0.25) is 23.5 Å². The highest BCUT2D eigenvalue weighted by atomic mass is 16.3. The molecule has 0 fully saturated rings. The highest BCUT2D eigenvalue weighted by Gasteiger charge is 2.50. The number of amidine groups is 1. The molecule has 0 spiro atoms. The average Bonchev–Trinajstić information content (AvgIpc) is 2.92. The summed E-state index contributed by atoms with van der Waals surface area (Å²) in [5.74, 6) is -10.3. The zero-order valence-electron chi connectivity index (χ0n) is 22.8. The fourth-order valence-corrected chi connectivity index (χ4v) is 4.91. The van der Waals surface area contributed by atoms with Crippen LogP contribution in [0.25, 0.3) is 0 Å². The van der Waals surface area contributed by atoms with Crippen LogP contribution >= 0.6 is 0 Å². The Labute approximate surface area is 246 Å². The molecule has 3 aliphatic rings. The first kappa shape index (κ1) is 29.1. The first-order valence-corrected chi connectivity index (χ1v) is 12.7. The summed E-state index contributed by atoms with van der Waals surface area (Å²) in [6.07, 6.45) is 0. The number of aliphatic hydroxyl groups is 3. The topological polar surface area (TPSA) is 232 Å². The number of nitrogens with one attached hydrogen (secondary N) is 3. The predicted octanol–water partition coefficient (Wildman–Crippen LogP) is 1.33. The third-order valence-corrected chi connectivity index (χ3v) is 6.68. The largest absolute Gasteiger partial charge is 0.510 e. The maximum Gasteiger partial charge on any atom is 0.304 e. The SMILES string of the molecule is CC(=O)Nc1cccc(C2C(=O)NC(=O)C(C3=C(O)/C(=C4\C(=O)N=C(O)N(c5cccc(NC(C)=O)c5)C4=O)C3=O)=C2O)c1. The average molecular weight is 600 g/mol. The van der Waals surface area contributed by atoms with Gasteiger partial charge < -0.3 is 26.0 Å². The minimum Gasteiger partial charge on any atom is -0.510 e. The van der Waals surface area contributed by atoms with Crippen LogP contribution in [0.4, 0.5) is 17.1 Å². The molecule has 0 bridgehead atoms. The third kappa shape index (κ3) is 4.87. The van der Waals surface area contributed by atoms with E-state index in [9.17, 15) is 48.9 Å². The fraction of sp³-hybridized carbons (Fsp3) is 0.103. The molecule has 44 heavy (non-hydrogen) atoms. The van der Waals surface area contributed by atoms with E-state index in [1.807, 2.05) is 5.32 Å². The molecule has 6 amide bonds. The lowest BCUT2D eigenvalue weighted by Gasteiger charge is -2.31. The zero-order chi connectivity index (χ0) is 32.0. The van der Waals surface area contributed by atoms with Crippen molar-refractivity contribution >= 4 is 64.3 Å². The number of allylic oxidation sites excluding steroid dienone is 1. The monoisotopic (exact) mass is 599 g/mol. The lowest BCUT2D eigenvalue weighted by molar-refractivity contribution is -0.131. The fourth-order valence-electron chi connectivity index (χ4n) is 4.91. The van der Waals surface area contributed by atoms with Crippen molar-refractivity contribution in [1.29, 1.82) is 0 Å². The molecule has 1 unspecified atom stereocenters. The number of imide groups is 1. The van der Waals surface area contributed by atoms with Crippen molar-refractivity contribution < 1.29 is 48.9 Å². The number of hydrogen-bond donors (Lipinski definition) is 6. The van der Waals surface area contributed by atoms with E-state index in [2.05, 4.69) is 15.6 Å². The first-order valence-electron chi connectivity index (χ1n) is 12.7. The summed E-state index contributed by atoms with van der Waals surface area (Å²) in [4.78, 5) is 91.8. The van der Waals surface area contributed by atoms with Gasteiger partial charge in [0.15, 0.2) is 0 Å². The lowest BCUT2D eigenvalue weighted by Crippen LogP contribution is -2.47. The van der Waals surface area contributed by atoms with Gasteiger partial charge in [-0.15, -0.1) is 0 Å². The lowest BCUT2D eigenvalue weighted by atomic mass is 9.76. The van der Waals surface area contributed by atoms with Crippen molar-refractivity contribution in [3.63, 3.8) is 0 Å². The first-order chi connectivity index (χ1) is 20.8. The van der Waals surface area contributed by atoms with E-state index in [0.717, 1.165) is 0 Å². The van der Waals surface area contributed by atoms with Gasteiger partial charge in [-0.3, -0.25) is 38.9 Å². The summed E-state index contributed by atoms with van der Waals surface area (Å²) in [5, 5.41) is 39.3. The number of hydrogen-bond acceptors (Lipinski definition) is 9. The van der Waals surface area contributed by atoms with Gasteiger partial charge in [-0.2, -0.15) is 4.99 Å². The standard InChI is InChI=1S/C29H21N5O10/c1-11(35)30-14-6-3-5-13(9-14)17-22(37)20(26(41)32-25(17)40)18-23(38)19(24(18)39)21-27(42)33-29(44)34(28(21)43)16-8-4-7-15(10-16)31-12(2)36/h3-10,17,37-38H,1-2H3,(H,30,35)(H,31,36)(H,32,40,41)(H,33,42,44)/b21-19-. The van der Waals surface area contributed by atoms with Crippen LogP contribution in [0.1, 0.15) is 25.3 Å². The van der Waals surface area contributed by atoms with Crippen LogP contribution in [0.3, 0.4) is 0 Å². The maximum atomic E-state index is 13.4. The summed E-state index contributed by atoms with van der Waals surface area (Å²) in [5.41, 5.74) is -2.74. The minimum absolute atomic E-state index is 0.0570. The molecule has 222 valence electrons. The van der Waals surface area contributed by atoms with E-state index < -0.39 is 87.0 Å². The second kappa shape index (κ2) is 10.8. The molecule has 2 heterocycles. The number of Topliss-reactive ketones (excluding diaryl/α,β-unsaturated/α-hetero) is 1. The van der Waals surface area contributed by atoms with Crippen LogP contribution < -0.4 is 20.9 Å². The van der Waals surface area contributed by atoms with Crippen LogP contribution in [0, 0.1) is 0 Å². The number of aliphatic imine (C=N–C) groups is 1. The number of anilines is 3. The number of aliphatic hydroxyl groups excluding tert-OH is 3. The van der Waals surface area contributed by atoms with E-state index in [1.165, 1.54) is 62.4 Å². The Balaban J connectivity index is 1.58. The Morgan fingerprint density at radius 1 is 0.818 bits per heavy atom. The van der Waals surface area contributed by atoms with Crippen molar-refractivity contribution in [2.75, 3.05) is 15.5 Å². The van der Waals surface area contributed by atoms with Crippen molar-refractivity contribution in [1.82, 2.24) is 5.32 Å². The van der Waals surface area contributed by atoms with Crippen molar-refractivity contribution in [3.8, 4) is 0 Å². The molecule has 15 heteroatoms. The minimum atomic E-state index is -1.54. The smallest absolute Gasteiger partial charge is 0.304 e. The van der Waals surface area contributed by atoms with Crippen LogP contribution in [-0.4, -0.2) is 62.6 Å². The van der Waals surface area contributed by atoms with Crippen LogP contribution in [-0.2, 0) is 33.6 Å². The molecule has 0 saturated carbocycles. The number of rotatable bonds is 5. The third-order valence-electron chi connectivity index (χ3n) is 6.68. The van der Waals surface area contributed by atoms with Crippen LogP contribution in [0.15, 0.2) is 87.3 Å². The Hall–Kier alpha value is -6.38. The Bertz CT molecular complexity index is 1880. The van der Waals surface area contributed by atoms with E-state index >= 15 is 0 Å². The molecular weight excluding hydrogens is 578 g/mol. The number of benzene rings is 2. The van der Waals surface area contributed by atoms with Gasteiger partial charge in [-0.05, 0) is 35.9 Å². The van der Waals surface area contributed by atoms with Crippen molar-refractivity contribution in [3.05, 3.63) is 87.9 Å². The maximum absolute atomic E-state index is 13.4. The molecular formula is C29H21N5O10. The highest BCUT2D eigenvalue weighted by Crippen LogP contribution is 2.42. The second-order valence-corrected chi connectivity index (χ2v) is 9.71. The molecule has 15 nitrogen and oxygen atoms in total. The van der Waals surface area contributed by atoms with E-state index in [4.69, 9.17) is 0 Å². The number of nitrogens with zero attached hydrogens (tertiary/aromatic N) is 2. The number of carbonyl (C=O) groups is 7. The summed E-state index contributed by atoms with van der Waals surface area (Å²) >= 11 is 0. The molecule has 5 rings (SSSR count). The molecule has 2 aromatic rings. The highest BCUT2D eigenvalue weighted by molar-refractivity contribution is 6.41.